The lowest BCUT2D eigenvalue weighted by Gasteiger charge is -2.09. The van der Waals surface area contributed by atoms with Crippen LogP contribution >= 0.6 is 23.2 Å². The fourth-order valence-corrected chi connectivity index (χ4v) is 3.32. The largest absolute Gasteiger partial charge is 0.322 e. The molecule has 0 aliphatic carbocycles. The van der Waals surface area contributed by atoms with Gasteiger partial charge >= 0.3 is 0 Å². The number of halogens is 2. The average molecular weight is 387 g/mol. The second-order valence-corrected chi connectivity index (χ2v) is 7.29. The number of hydrogen-bond acceptors (Lipinski definition) is 4. The number of carbonyl (C=O) groups excluding carboxylic acids is 2. The Morgan fingerprint density at radius 2 is 1.62 bits per heavy atom. The topological polar surface area (TPSA) is 92.3 Å². The Morgan fingerprint density at radius 1 is 1.00 bits per heavy atom. The molecule has 0 fully saturated rings. The minimum absolute atomic E-state index is 0.0970. The van der Waals surface area contributed by atoms with E-state index in [4.69, 9.17) is 23.2 Å². The van der Waals surface area contributed by atoms with Gasteiger partial charge in [0, 0.05) is 17.6 Å². The second kappa shape index (κ2) is 7.21. The smallest absolute Gasteiger partial charge is 0.264 e. The normalized spacial score (nSPS) is 11.0. The molecule has 0 spiro atoms. The lowest BCUT2D eigenvalue weighted by Crippen LogP contribution is -2.28. The van der Waals surface area contributed by atoms with Crippen LogP contribution in [0.1, 0.15) is 17.3 Å². The van der Waals surface area contributed by atoms with Crippen molar-refractivity contribution in [3.8, 4) is 0 Å². The molecule has 0 saturated carbocycles. The van der Waals surface area contributed by atoms with E-state index in [0.29, 0.717) is 10.7 Å². The van der Waals surface area contributed by atoms with Crippen LogP contribution < -0.4 is 10.0 Å². The van der Waals surface area contributed by atoms with Crippen molar-refractivity contribution in [2.75, 3.05) is 5.32 Å². The molecule has 0 bridgehead atoms. The second-order valence-electron chi connectivity index (χ2n) is 4.76. The molecule has 0 aliphatic rings. The van der Waals surface area contributed by atoms with E-state index in [9.17, 15) is 18.0 Å². The van der Waals surface area contributed by atoms with Crippen molar-refractivity contribution >= 4 is 50.7 Å². The molecule has 0 atom stereocenters. The zero-order chi connectivity index (χ0) is 17.9. The van der Waals surface area contributed by atoms with Crippen molar-refractivity contribution in [3.05, 3.63) is 58.1 Å². The highest BCUT2D eigenvalue weighted by Gasteiger charge is 2.16. The van der Waals surface area contributed by atoms with E-state index in [2.05, 4.69) is 5.32 Å². The van der Waals surface area contributed by atoms with Gasteiger partial charge in [-0.3, -0.25) is 9.59 Å². The first-order chi connectivity index (χ1) is 11.2. The molecule has 0 aromatic heterocycles. The highest BCUT2D eigenvalue weighted by molar-refractivity contribution is 7.90. The van der Waals surface area contributed by atoms with Gasteiger partial charge in [-0.05, 0) is 42.5 Å². The predicted octanol–water partition coefficient (Wildman–Crippen LogP) is 3.07. The van der Waals surface area contributed by atoms with Crippen molar-refractivity contribution in [2.45, 2.75) is 11.8 Å². The summed E-state index contributed by atoms with van der Waals surface area (Å²) in [7, 11) is -3.92. The van der Waals surface area contributed by atoms with Crippen molar-refractivity contribution < 1.29 is 18.0 Å². The Kier molecular flexibility index (Phi) is 5.48. The van der Waals surface area contributed by atoms with E-state index in [-0.39, 0.29) is 15.5 Å². The zero-order valence-electron chi connectivity index (χ0n) is 12.3. The highest BCUT2D eigenvalue weighted by atomic mass is 35.5. The number of benzene rings is 2. The average Bonchev–Trinajstić information content (AvgIpc) is 2.46. The molecule has 9 heteroatoms. The number of carbonyl (C=O) groups is 2. The molecule has 2 aromatic rings. The number of hydrogen-bond donors (Lipinski definition) is 2. The number of amides is 2. The van der Waals surface area contributed by atoms with Crippen LogP contribution in [0.4, 0.5) is 5.69 Å². The first-order valence-electron chi connectivity index (χ1n) is 6.59. The molecule has 0 radical (unpaired) electrons. The van der Waals surface area contributed by atoms with Crippen LogP contribution in [-0.4, -0.2) is 20.2 Å². The Labute approximate surface area is 148 Å². The van der Waals surface area contributed by atoms with E-state index in [1.54, 1.807) is 0 Å². The summed E-state index contributed by atoms with van der Waals surface area (Å²) >= 11 is 11.7. The molecular formula is C15H12Cl2N2O4S. The highest BCUT2D eigenvalue weighted by Crippen LogP contribution is 2.22. The number of nitrogens with one attached hydrogen (secondary N) is 2. The summed E-state index contributed by atoms with van der Waals surface area (Å²) in [6.45, 7) is 1.10. The zero-order valence-corrected chi connectivity index (χ0v) is 14.7. The van der Waals surface area contributed by atoms with Gasteiger partial charge in [-0.2, -0.15) is 0 Å². The number of sulfonamides is 1. The summed E-state index contributed by atoms with van der Waals surface area (Å²) in [5.41, 5.74) is 0.601. The van der Waals surface area contributed by atoms with Gasteiger partial charge in [0.05, 0.1) is 15.5 Å². The molecule has 0 heterocycles. The van der Waals surface area contributed by atoms with Gasteiger partial charge in [-0.1, -0.05) is 23.2 Å². The van der Waals surface area contributed by atoms with Gasteiger partial charge in [0.1, 0.15) is 0 Å². The van der Waals surface area contributed by atoms with Crippen LogP contribution in [0.2, 0.25) is 10.0 Å². The maximum Gasteiger partial charge on any atom is 0.264 e. The van der Waals surface area contributed by atoms with Gasteiger partial charge < -0.3 is 5.32 Å². The van der Waals surface area contributed by atoms with Crippen LogP contribution in [0.25, 0.3) is 0 Å². The quantitative estimate of drug-likeness (QED) is 0.844. The standard InChI is InChI=1S/C15H12Cl2N2O4S/c1-9(20)19-24(22,23)12-5-3-11(4-6-12)18-15(21)13-7-2-10(16)8-14(13)17/h2-8H,1H3,(H,18,21)(H,19,20). The Balaban J connectivity index is 2.17. The van der Waals surface area contributed by atoms with Crippen LogP contribution in [0, 0.1) is 0 Å². The van der Waals surface area contributed by atoms with Gasteiger partial charge in [0.2, 0.25) is 5.91 Å². The van der Waals surface area contributed by atoms with Gasteiger partial charge in [0.15, 0.2) is 0 Å². The number of anilines is 1. The van der Waals surface area contributed by atoms with E-state index in [0.717, 1.165) is 6.92 Å². The van der Waals surface area contributed by atoms with Gasteiger partial charge in [-0.15, -0.1) is 0 Å². The monoisotopic (exact) mass is 386 g/mol. The summed E-state index contributed by atoms with van der Waals surface area (Å²) in [6.07, 6.45) is 0. The van der Waals surface area contributed by atoms with Crippen molar-refractivity contribution in [2.24, 2.45) is 0 Å². The van der Waals surface area contributed by atoms with Crippen LogP contribution in [0.5, 0.6) is 0 Å². The van der Waals surface area contributed by atoms with Crippen molar-refractivity contribution in [1.29, 1.82) is 0 Å². The lowest BCUT2D eigenvalue weighted by molar-refractivity contribution is -0.117. The molecule has 2 N–H and O–H groups in total. The van der Waals surface area contributed by atoms with Gasteiger partial charge in [-0.25, -0.2) is 13.1 Å². The third kappa shape index (κ3) is 4.47. The summed E-state index contributed by atoms with van der Waals surface area (Å²) in [4.78, 5) is 23.0. The maximum absolute atomic E-state index is 12.2. The molecule has 2 aromatic carbocycles. The molecule has 0 unspecified atom stereocenters. The lowest BCUT2D eigenvalue weighted by atomic mass is 10.2. The van der Waals surface area contributed by atoms with Crippen molar-refractivity contribution in [1.82, 2.24) is 4.72 Å². The molecule has 2 rings (SSSR count). The maximum atomic E-state index is 12.2. The minimum atomic E-state index is -3.92. The van der Waals surface area contributed by atoms with E-state index >= 15 is 0 Å². The molecule has 0 saturated heterocycles. The van der Waals surface area contributed by atoms with Crippen LogP contribution in [-0.2, 0) is 14.8 Å². The first kappa shape index (κ1) is 18.3. The number of rotatable bonds is 4. The van der Waals surface area contributed by atoms with E-state index < -0.39 is 21.8 Å². The molecule has 0 aliphatic heterocycles. The molecule has 24 heavy (non-hydrogen) atoms. The summed E-state index contributed by atoms with van der Waals surface area (Å²) < 4.78 is 25.5. The fourth-order valence-electron chi connectivity index (χ4n) is 1.84. The third-order valence-corrected chi connectivity index (χ3v) is 4.87. The molecule has 6 nitrogen and oxygen atoms in total. The summed E-state index contributed by atoms with van der Waals surface area (Å²) in [5, 5.41) is 3.19. The molecular weight excluding hydrogens is 375 g/mol. The predicted molar refractivity (Wildman–Crippen MR) is 91.9 cm³/mol. The van der Waals surface area contributed by atoms with Crippen LogP contribution in [0.15, 0.2) is 47.4 Å². The SMILES string of the molecule is CC(=O)NS(=O)(=O)c1ccc(NC(=O)c2ccc(Cl)cc2Cl)cc1. The van der Waals surface area contributed by atoms with E-state index in [1.165, 1.54) is 42.5 Å². The van der Waals surface area contributed by atoms with Gasteiger partial charge in [0.25, 0.3) is 15.9 Å². The van der Waals surface area contributed by atoms with Crippen molar-refractivity contribution in [3.63, 3.8) is 0 Å². The first-order valence-corrected chi connectivity index (χ1v) is 8.83. The Bertz CT molecular complexity index is 896. The molecule has 126 valence electrons. The third-order valence-electron chi connectivity index (χ3n) is 2.88. The molecule has 2 amide bonds. The Hall–Kier alpha value is -2.09. The summed E-state index contributed by atoms with van der Waals surface area (Å²) in [6, 6.07) is 9.80. The minimum Gasteiger partial charge on any atom is -0.322 e. The summed E-state index contributed by atoms with van der Waals surface area (Å²) in [5.74, 6) is -1.15. The fraction of sp³-hybridized carbons (Fsp3) is 0.0667. The van der Waals surface area contributed by atoms with Crippen LogP contribution in [0.3, 0.4) is 0 Å². The Morgan fingerprint density at radius 3 is 2.17 bits per heavy atom. The van der Waals surface area contributed by atoms with E-state index in [1.807, 2.05) is 4.72 Å².